The van der Waals surface area contributed by atoms with Gasteiger partial charge in [0.25, 0.3) is 0 Å². The third-order valence-corrected chi connectivity index (χ3v) is 1.68. The van der Waals surface area contributed by atoms with Crippen molar-refractivity contribution in [3.8, 4) is 0 Å². The van der Waals surface area contributed by atoms with Crippen molar-refractivity contribution < 1.29 is 4.74 Å². The Balaban J connectivity index is 1.83. The van der Waals surface area contributed by atoms with Gasteiger partial charge in [0, 0.05) is 0 Å². The predicted molar refractivity (Wildman–Crippen MR) is 42.7 cm³/mol. The van der Waals surface area contributed by atoms with E-state index in [1.54, 1.807) is 0 Å². The molecule has 1 saturated carbocycles. The molecule has 0 N–H and O–H groups in total. The van der Waals surface area contributed by atoms with Crippen LogP contribution in [0, 0.1) is 5.92 Å². The van der Waals surface area contributed by atoms with E-state index in [-0.39, 0.29) is 0 Å². The van der Waals surface area contributed by atoms with E-state index in [1.165, 1.54) is 25.7 Å². The highest BCUT2D eigenvalue weighted by Crippen LogP contribution is 2.29. The number of ether oxygens (including phenoxy) is 1. The second-order valence-electron chi connectivity index (χ2n) is 2.89. The number of allylic oxidation sites excluding steroid dienone is 1. The monoisotopic (exact) mass is 140 g/mol. The molecule has 0 unspecified atom stereocenters. The van der Waals surface area contributed by atoms with Crippen LogP contribution in [0.3, 0.4) is 0 Å². The number of hydrogen-bond acceptors (Lipinski definition) is 1. The Morgan fingerprint density at radius 3 is 2.90 bits per heavy atom. The van der Waals surface area contributed by atoms with Crippen LogP contribution in [0.15, 0.2) is 12.3 Å². The fourth-order valence-electron chi connectivity index (χ4n) is 0.751. The van der Waals surface area contributed by atoms with Gasteiger partial charge in [0.15, 0.2) is 0 Å². The highest BCUT2D eigenvalue weighted by molar-refractivity contribution is 4.92. The number of hydrogen-bond donors (Lipinski definition) is 0. The van der Waals surface area contributed by atoms with Crippen LogP contribution in [0.2, 0.25) is 0 Å². The van der Waals surface area contributed by atoms with Crippen molar-refractivity contribution in [2.75, 3.05) is 6.61 Å². The summed E-state index contributed by atoms with van der Waals surface area (Å²) in [4.78, 5) is 0. The number of unbranched alkanes of at least 4 members (excludes halogenated alkanes) is 1. The standard InChI is InChI=1S/C9H16O/c1-2-3-7-10-8-6-9-4-5-9/h6,8-9H,2-5,7H2,1H3. The lowest BCUT2D eigenvalue weighted by atomic mass is 10.4. The van der Waals surface area contributed by atoms with Gasteiger partial charge in [0.1, 0.15) is 0 Å². The molecular weight excluding hydrogens is 124 g/mol. The van der Waals surface area contributed by atoms with E-state index in [1.807, 2.05) is 6.26 Å². The maximum Gasteiger partial charge on any atom is 0.0873 e. The molecule has 0 aliphatic heterocycles. The van der Waals surface area contributed by atoms with Crippen LogP contribution in [-0.2, 0) is 4.74 Å². The molecule has 1 aliphatic carbocycles. The van der Waals surface area contributed by atoms with Crippen molar-refractivity contribution in [1.29, 1.82) is 0 Å². The zero-order chi connectivity index (χ0) is 7.23. The zero-order valence-electron chi connectivity index (χ0n) is 6.68. The Hall–Kier alpha value is -0.460. The lowest BCUT2D eigenvalue weighted by Crippen LogP contribution is -1.84. The Kier molecular flexibility index (Phi) is 3.34. The minimum Gasteiger partial charge on any atom is -0.502 e. The summed E-state index contributed by atoms with van der Waals surface area (Å²) in [7, 11) is 0. The minimum atomic E-state index is 0.849. The molecule has 0 saturated heterocycles. The average molecular weight is 140 g/mol. The van der Waals surface area contributed by atoms with Crippen LogP contribution in [0.1, 0.15) is 32.6 Å². The molecule has 1 fully saturated rings. The Morgan fingerprint density at radius 1 is 1.50 bits per heavy atom. The maximum atomic E-state index is 5.24. The topological polar surface area (TPSA) is 9.23 Å². The van der Waals surface area contributed by atoms with Crippen LogP contribution in [0.25, 0.3) is 0 Å². The molecule has 0 radical (unpaired) electrons. The molecule has 58 valence electrons. The van der Waals surface area contributed by atoms with Crippen molar-refractivity contribution in [1.82, 2.24) is 0 Å². The van der Waals surface area contributed by atoms with Crippen LogP contribution in [0.5, 0.6) is 0 Å². The van der Waals surface area contributed by atoms with Gasteiger partial charge in [0.05, 0.1) is 12.9 Å². The highest BCUT2D eigenvalue weighted by Gasteiger charge is 2.16. The van der Waals surface area contributed by atoms with Gasteiger partial charge >= 0.3 is 0 Å². The van der Waals surface area contributed by atoms with Crippen LogP contribution < -0.4 is 0 Å². The molecule has 1 aliphatic rings. The van der Waals surface area contributed by atoms with E-state index >= 15 is 0 Å². The van der Waals surface area contributed by atoms with Crippen LogP contribution >= 0.6 is 0 Å². The van der Waals surface area contributed by atoms with E-state index in [0.29, 0.717) is 0 Å². The van der Waals surface area contributed by atoms with Crippen molar-refractivity contribution in [2.45, 2.75) is 32.6 Å². The summed E-state index contributed by atoms with van der Waals surface area (Å²) in [5.41, 5.74) is 0. The van der Waals surface area contributed by atoms with E-state index in [2.05, 4.69) is 13.0 Å². The van der Waals surface area contributed by atoms with Gasteiger partial charge in [-0.2, -0.15) is 0 Å². The summed E-state index contributed by atoms with van der Waals surface area (Å²) in [6, 6.07) is 0. The molecule has 0 aromatic rings. The Morgan fingerprint density at radius 2 is 2.30 bits per heavy atom. The van der Waals surface area contributed by atoms with Gasteiger partial charge < -0.3 is 4.74 Å². The molecule has 0 bridgehead atoms. The predicted octanol–water partition coefficient (Wildman–Crippen LogP) is 2.73. The summed E-state index contributed by atoms with van der Waals surface area (Å²) in [6.45, 7) is 3.06. The third-order valence-electron chi connectivity index (χ3n) is 1.68. The smallest absolute Gasteiger partial charge is 0.0873 e. The summed E-state index contributed by atoms with van der Waals surface area (Å²) in [5, 5.41) is 0. The van der Waals surface area contributed by atoms with Gasteiger partial charge in [-0.3, -0.25) is 0 Å². The van der Waals surface area contributed by atoms with E-state index in [9.17, 15) is 0 Å². The molecule has 10 heavy (non-hydrogen) atoms. The molecule has 0 atom stereocenters. The minimum absolute atomic E-state index is 0.849. The van der Waals surface area contributed by atoms with Gasteiger partial charge in [-0.05, 0) is 31.3 Å². The van der Waals surface area contributed by atoms with Gasteiger partial charge in [-0.25, -0.2) is 0 Å². The van der Waals surface area contributed by atoms with Crippen LogP contribution in [0.4, 0.5) is 0 Å². The summed E-state index contributed by atoms with van der Waals surface area (Å²) in [6.07, 6.45) is 9.18. The lowest BCUT2D eigenvalue weighted by Gasteiger charge is -1.95. The average Bonchev–Trinajstić information content (AvgIpc) is 2.71. The first-order valence-corrected chi connectivity index (χ1v) is 4.21. The maximum absolute atomic E-state index is 5.24. The van der Waals surface area contributed by atoms with Crippen molar-refractivity contribution in [2.24, 2.45) is 5.92 Å². The SMILES string of the molecule is CCCCOC=CC1CC1. The molecule has 0 amide bonds. The first kappa shape index (κ1) is 7.64. The normalized spacial score (nSPS) is 18.1. The summed E-state index contributed by atoms with van der Waals surface area (Å²) >= 11 is 0. The summed E-state index contributed by atoms with van der Waals surface area (Å²) in [5.74, 6) is 0.849. The Bertz CT molecular complexity index is 103. The van der Waals surface area contributed by atoms with Crippen molar-refractivity contribution >= 4 is 0 Å². The third kappa shape index (κ3) is 3.54. The van der Waals surface area contributed by atoms with E-state index < -0.39 is 0 Å². The molecule has 0 aromatic heterocycles. The van der Waals surface area contributed by atoms with Crippen LogP contribution in [-0.4, -0.2) is 6.61 Å². The van der Waals surface area contributed by atoms with E-state index in [4.69, 9.17) is 4.74 Å². The van der Waals surface area contributed by atoms with Gasteiger partial charge in [0.2, 0.25) is 0 Å². The first-order valence-electron chi connectivity index (χ1n) is 4.21. The quantitative estimate of drug-likeness (QED) is 0.421. The number of rotatable bonds is 5. The molecule has 1 heteroatoms. The van der Waals surface area contributed by atoms with Gasteiger partial charge in [-0.1, -0.05) is 13.3 Å². The molecule has 1 nitrogen and oxygen atoms in total. The molecule has 0 aromatic carbocycles. The lowest BCUT2D eigenvalue weighted by molar-refractivity contribution is 0.242. The fourth-order valence-corrected chi connectivity index (χ4v) is 0.751. The second-order valence-corrected chi connectivity index (χ2v) is 2.89. The van der Waals surface area contributed by atoms with Gasteiger partial charge in [-0.15, -0.1) is 0 Å². The Labute approximate surface area is 63.1 Å². The molecule has 0 spiro atoms. The van der Waals surface area contributed by atoms with Crippen molar-refractivity contribution in [3.05, 3.63) is 12.3 Å². The zero-order valence-corrected chi connectivity index (χ0v) is 6.68. The van der Waals surface area contributed by atoms with Crippen molar-refractivity contribution in [3.63, 3.8) is 0 Å². The largest absolute Gasteiger partial charge is 0.502 e. The first-order chi connectivity index (χ1) is 4.93. The molecular formula is C9H16O. The molecule has 1 rings (SSSR count). The highest BCUT2D eigenvalue weighted by atomic mass is 16.5. The summed E-state index contributed by atoms with van der Waals surface area (Å²) < 4.78 is 5.24. The molecule has 0 heterocycles. The fraction of sp³-hybridized carbons (Fsp3) is 0.778. The van der Waals surface area contributed by atoms with E-state index in [0.717, 1.165) is 12.5 Å². The second kappa shape index (κ2) is 4.37.